The molecular formula is C22H31N5O2S. The Morgan fingerprint density at radius 2 is 1.20 bits per heavy atom. The minimum absolute atomic E-state index is 0.0487. The molecule has 0 saturated heterocycles. The van der Waals surface area contributed by atoms with Crippen molar-refractivity contribution in [3.63, 3.8) is 0 Å². The maximum absolute atomic E-state index is 11.0. The summed E-state index contributed by atoms with van der Waals surface area (Å²) in [6.07, 6.45) is 0. The fourth-order valence-corrected chi connectivity index (χ4v) is 3.34. The van der Waals surface area contributed by atoms with Gasteiger partial charge >= 0.3 is 0 Å². The van der Waals surface area contributed by atoms with Gasteiger partial charge in [-0.25, -0.2) is 0 Å². The van der Waals surface area contributed by atoms with Crippen LogP contribution in [0.1, 0.15) is 33.7 Å². The highest BCUT2D eigenvalue weighted by molar-refractivity contribution is 7.87. The number of hydrogen-bond donors (Lipinski definition) is 1. The van der Waals surface area contributed by atoms with E-state index in [4.69, 9.17) is 0 Å². The summed E-state index contributed by atoms with van der Waals surface area (Å²) in [5.74, 6) is 0. The standard InChI is InChI=1S/C17H17N3.C5H14N2O2S/c1-13(2)20-18-16(14-9-5-3-6-10-14)17(19-20)15-11-7-4-8-12-15;1-5(2)6-10(8,9)7(3)4/h3-13H,1-2H3;5-6H,1-4H3. The van der Waals surface area contributed by atoms with Gasteiger partial charge in [-0.05, 0) is 27.7 Å². The molecule has 1 N–H and O–H groups in total. The molecule has 0 amide bonds. The van der Waals surface area contributed by atoms with E-state index in [9.17, 15) is 8.42 Å². The molecule has 0 unspecified atom stereocenters. The van der Waals surface area contributed by atoms with Gasteiger partial charge in [-0.3, -0.25) is 0 Å². The van der Waals surface area contributed by atoms with Crippen LogP contribution in [-0.2, 0) is 10.2 Å². The second kappa shape index (κ2) is 10.5. The molecule has 3 rings (SSSR count). The topological polar surface area (TPSA) is 80.1 Å². The fourth-order valence-electron chi connectivity index (χ4n) is 2.54. The first kappa shape index (κ1) is 23.7. The molecule has 162 valence electrons. The first-order chi connectivity index (χ1) is 14.1. The first-order valence-corrected chi connectivity index (χ1v) is 11.3. The molecule has 1 heterocycles. The highest BCUT2D eigenvalue weighted by Gasteiger charge is 2.16. The summed E-state index contributed by atoms with van der Waals surface area (Å²) in [6, 6.07) is 20.6. The average Bonchev–Trinajstić information content (AvgIpc) is 3.15. The Morgan fingerprint density at radius 3 is 1.47 bits per heavy atom. The molecule has 0 atom stereocenters. The van der Waals surface area contributed by atoms with Gasteiger partial charge < -0.3 is 0 Å². The third-order valence-electron chi connectivity index (χ3n) is 4.05. The van der Waals surface area contributed by atoms with E-state index in [1.807, 2.05) is 36.4 Å². The molecular weight excluding hydrogens is 398 g/mol. The molecule has 0 radical (unpaired) electrons. The number of nitrogens with one attached hydrogen (secondary N) is 1. The molecule has 0 saturated carbocycles. The Morgan fingerprint density at radius 1 is 0.800 bits per heavy atom. The van der Waals surface area contributed by atoms with Gasteiger partial charge in [0.25, 0.3) is 10.2 Å². The zero-order valence-electron chi connectivity index (χ0n) is 18.4. The average molecular weight is 430 g/mol. The largest absolute Gasteiger partial charge is 0.279 e. The summed E-state index contributed by atoms with van der Waals surface area (Å²) in [5, 5.41) is 9.32. The molecule has 0 spiro atoms. The van der Waals surface area contributed by atoms with Gasteiger partial charge in [0.1, 0.15) is 11.4 Å². The third-order valence-corrected chi connectivity index (χ3v) is 5.78. The van der Waals surface area contributed by atoms with Crippen molar-refractivity contribution in [1.82, 2.24) is 24.0 Å². The van der Waals surface area contributed by atoms with Crippen molar-refractivity contribution in [1.29, 1.82) is 0 Å². The van der Waals surface area contributed by atoms with Gasteiger partial charge in [0.15, 0.2) is 0 Å². The predicted molar refractivity (Wildman–Crippen MR) is 122 cm³/mol. The van der Waals surface area contributed by atoms with E-state index >= 15 is 0 Å². The minimum Gasteiger partial charge on any atom is -0.200 e. The maximum Gasteiger partial charge on any atom is 0.279 e. The number of nitrogens with zero attached hydrogens (tertiary/aromatic N) is 4. The lowest BCUT2D eigenvalue weighted by atomic mass is 10.1. The Bertz CT molecular complexity index is 957. The molecule has 30 heavy (non-hydrogen) atoms. The Labute approximate surface area is 179 Å². The summed E-state index contributed by atoms with van der Waals surface area (Å²) < 4.78 is 25.5. The van der Waals surface area contributed by atoms with Crippen molar-refractivity contribution in [2.45, 2.75) is 39.8 Å². The van der Waals surface area contributed by atoms with Gasteiger partial charge in [0.2, 0.25) is 0 Å². The molecule has 2 aromatic carbocycles. The summed E-state index contributed by atoms with van der Waals surface area (Å²) in [6.45, 7) is 7.73. The van der Waals surface area contributed by atoms with E-state index in [2.05, 4.69) is 53.0 Å². The summed E-state index contributed by atoms with van der Waals surface area (Å²) >= 11 is 0. The van der Waals surface area contributed by atoms with Gasteiger partial charge in [0.05, 0.1) is 6.04 Å². The smallest absolute Gasteiger partial charge is 0.200 e. The highest BCUT2D eigenvalue weighted by Crippen LogP contribution is 2.29. The normalized spacial score (nSPS) is 11.6. The zero-order valence-corrected chi connectivity index (χ0v) is 19.3. The molecule has 0 fully saturated rings. The van der Waals surface area contributed by atoms with Crippen molar-refractivity contribution in [3.05, 3.63) is 60.7 Å². The molecule has 1 aromatic heterocycles. The van der Waals surface area contributed by atoms with Crippen molar-refractivity contribution < 1.29 is 8.42 Å². The molecule has 8 heteroatoms. The van der Waals surface area contributed by atoms with E-state index in [1.165, 1.54) is 14.1 Å². The van der Waals surface area contributed by atoms with Crippen LogP contribution in [0.3, 0.4) is 0 Å². The van der Waals surface area contributed by atoms with Crippen molar-refractivity contribution in [2.24, 2.45) is 0 Å². The van der Waals surface area contributed by atoms with Crippen LogP contribution < -0.4 is 4.72 Å². The number of rotatable bonds is 6. The van der Waals surface area contributed by atoms with E-state index in [-0.39, 0.29) is 12.1 Å². The van der Waals surface area contributed by atoms with Gasteiger partial charge in [-0.15, -0.1) is 0 Å². The lowest BCUT2D eigenvalue weighted by Gasteiger charge is -2.14. The number of aromatic nitrogens is 3. The lowest BCUT2D eigenvalue weighted by Crippen LogP contribution is -2.39. The lowest BCUT2D eigenvalue weighted by molar-refractivity contribution is 0.468. The van der Waals surface area contributed by atoms with Crippen LogP contribution >= 0.6 is 0 Å². The molecule has 0 aliphatic carbocycles. The van der Waals surface area contributed by atoms with E-state index in [0.717, 1.165) is 26.8 Å². The number of hydrogen-bond acceptors (Lipinski definition) is 4. The maximum atomic E-state index is 11.0. The number of benzene rings is 2. The molecule has 3 aromatic rings. The highest BCUT2D eigenvalue weighted by atomic mass is 32.2. The van der Waals surface area contributed by atoms with Crippen LogP contribution in [0.25, 0.3) is 22.5 Å². The fraction of sp³-hybridized carbons (Fsp3) is 0.364. The first-order valence-electron chi connectivity index (χ1n) is 9.89. The third kappa shape index (κ3) is 6.48. The Kier molecular flexibility index (Phi) is 8.28. The molecule has 0 aliphatic rings. The second-order valence-electron chi connectivity index (χ2n) is 7.60. The van der Waals surface area contributed by atoms with E-state index in [0.29, 0.717) is 0 Å². The van der Waals surface area contributed by atoms with Crippen molar-refractivity contribution >= 4 is 10.2 Å². The van der Waals surface area contributed by atoms with Crippen LogP contribution in [0.5, 0.6) is 0 Å². The van der Waals surface area contributed by atoms with Crippen LogP contribution in [0.15, 0.2) is 60.7 Å². The predicted octanol–water partition coefficient (Wildman–Crippen LogP) is 3.98. The van der Waals surface area contributed by atoms with Crippen molar-refractivity contribution in [2.75, 3.05) is 14.1 Å². The van der Waals surface area contributed by atoms with E-state index in [1.54, 1.807) is 18.6 Å². The van der Waals surface area contributed by atoms with Gasteiger partial charge in [-0.2, -0.15) is 32.4 Å². The van der Waals surface area contributed by atoms with Gasteiger partial charge in [0, 0.05) is 31.3 Å². The van der Waals surface area contributed by atoms with Gasteiger partial charge in [-0.1, -0.05) is 60.7 Å². The van der Waals surface area contributed by atoms with Crippen LogP contribution in [0, 0.1) is 0 Å². The minimum atomic E-state index is -3.21. The summed E-state index contributed by atoms with van der Waals surface area (Å²) in [5.41, 5.74) is 4.06. The quantitative estimate of drug-likeness (QED) is 0.643. The molecule has 0 bridgehead atoms. The van der Waals surface area contributed by atoms with Crippen molar-refractivity contribution in [3.8, 4) is 22.5 Å². The van der Waals surface area contributed by atoms with E-state index < -0.39 is 10.2 Å². The Hall–Kier alpha value is -2.55. The van der Waals surface area contributed by atoms with Crippen LogP contribution in [-0.4, -0.2) is 47.9 Å². The molecule has 0 aliphatic heterocycles. The monoisotopic (exact) mass is 429 g/mol. The summed E-state index contributed by atoms with van der Waals surface area (Å²) in [4.78, 5) is 1.78. The zero-order chi connectivity index (χ0) is 22.3. The summed E-state index contributed by atoms with van der Waals surface area (Å²) in [7, 11) is -0.233. The second-order valence-corrected chi connectivity index (χ2v) is 9.52. The van der Waals surface area contributed by atoms with Crippen LogP contribution in [0.2, 0.25) is 0 Å². The molecule has 7 nitrogen and oxygen atoms in total. The SMILES string of the molecule is CC(C)NS(=O)(=O)N(C)C.CC(C)n1nc(-c2ccccc2)c(-c2ccccc2)n1. The Balaban J connectivity index is 0.000000274. The van der Waals surface area contributed by atoms with Crippen LogP contribution in [0.4, 0.5) is 0 Å².